The zero-order chi connectivity index (χ0) is 12.3. The molecule has 0 aliphatic rings. The van der Waals surface area contributed by atoms with Crippen LogP contribution in [0.15, 0.2) is 24.3 Å². The average molecular weight is 232 g/mol. The third kappa shape index (κ3) is 2.01. The molecule has 1 aromatic heterocycles. The Bertz CT molecular complexity index is 507. The Morgan fingerprint density at radius 1 is 1.35 bits per heavy atom. The maximum absolute atomic E-state index is 5.76. The molecule has 0 radical (unpaired) electrons. The summed E-state index contributed by atoms with van der Waals surface area (Å²) in [7, 11) is 1.64. The predicted molar refractivity (Wildman–Crippen MR) is 65.2 cm³/mol. The third-order valence-electron chi connectivity index (χ3n) is 2.69. The Morgan fingerprint density at radius 3 is 2.76 bits per heavy atom. The Balaban J connectivity index is 2.56. The summed E-state index contributed by atoms with van der Waals surface area (Å²) in [5, 5.41) is 8.28. The van der Waals surface area contributed by atoms with Gasteiger partial charge < -0.3 is 10.5 Å². The Hall–Kier alpha value is -1.88. The molecule has 0 spiro atoms. The number of para-hydroxylation sites is 2. The first-order valence-corrected chi connectivity index (χ1v) is 5.58. The van der Waals surface area contributed by atoms with Crippen LogP contribution < -0.4 is 10.5 Å². The highest BCUT2D eigenvalue weighted by atomic mass is 16.5. The van der Waals surface area contributed by atoms with Crippen molar-refractivity contribution < 1.29 is 4.74 Å². The molecule has 0 aliphatic carbocycles. The lowest BCUT2D eigenvalue weighted by molar-refractivity contribution is 0.411. The number of aromatic nitrogens is 3. The normalized spacial score (nSPS) is 10.5. The summed E-state index contributed by atoms with van der Waals surface area (Å²) in [6.07, 6.45) is 0.821. The van der Waals surface area contributed by atoms with E-state index in [-0.39, 0.29) is 0 Å². The molecule has 0 unspecified atom stereocenters. The monoisotopic (exact) mass is 232 g/mol. The molecule has 2 N–H and O–H groups in total. The van der Waals surface area contributed by atoms with Crippen molar-refractivity contribution in [3.05, 3.63) is 35.7 Å². The van der Waals surface area contributed by atoms with Crippen molar-refractivity contribution in [3.63, 3.8) is 0 Å². The van der Waals surface area contributed by atoms with E-state index < -0.39 is 0 Å². The molecule has 2 aromatic rings. The summed E-state index contributed by atoms with van der Waals surface area (Å²) < 4.78 is 7.06. The van der Waals surface area contributed by atoms with Crippen molar-refractivity contribution in [1.29, 1.82) is 0 Å². The van der Waals surface area contributed by atoms with Gasteiger partial charge in [0.2, 0.25) is 0 Å². The highest BCUT2D eigenvalue weighted by Crippen LogP contribution is 2.23. The van der Waals surface area contributed by atoms with Gasteiger partial charge in [-0.3, -0.25) is 0 Å². The molecule has 0 amide bonds. The lowest BCUT2D eigenvalue weighted by Crippen LogP contribution is -2.09. The Morgan fingerprint density at radius 2 is 2.12 bits per heavy atom. The number of nitrogens with two attached hydrogens (primary N) is 1. The molecule has 0 fully saturated rings. The molecular weight excluding hydrogens is 216 g/mol. The van der Waals surface area contributed by atoms with E-state index in [2.05, 4.69) is 10.3 Å². The summed E-state index contributed by atoms with van der Waals surface area (Å²) in [5.74, 6) is 0.759. The van der Waals surface area contributed by atoms with Gasteiger partial charge in [0.1, 0.15) is 11.4 Å². The van der Waals surface area contributed by atoms with E-state index >= 15 is 0 Å². The van der Waals surface area contributed by atoms with Gasteiger partial charge in [0, 0.05) is 6.54 Å². The number of benzene rings is 1. The fourth-order valence-electron chi connectivity index (χ4n) is 1.81. The van der Waals surface area contributed by atoms with Gasteiger partial charge in [0.25, 0.3) is 0 Å². The van der Waals surface area contributed by atoms with Gasteiger partial charge in [0.05, 0.1) is 18.5 Å². The lowest BCUT2D eigenvalue weighted by Gasteiger charge is -2.09. The molecule has 0 atom stereocenters. The standard InChI is InChI=1S/C12H16N4O/c1-3-9-11(8-13)16(15-14-9)10-6-4-5-7-12(10)17-2/h4-7H,3,8,13H2,1-2H3. The van der Waals surface area contributed by atoms with Crippen LogP contribution in [0.4, 0.5) is 0 Å². The van der Waals surface area contributed by atoms with Gasteiger partial charge in [-0.15, -0.1) is 5.10 Å². The molecule has 1 aromatic carbocycles. The minimum absolute atomic E-state index is 0.411. The van der Waals surface area contributed by atoms with Crippen molar-refractivity contribution in [2.24, 2.45) is 5.73 Å². The van der Waals surface area contributed by atoms with E-state index in [1.165, 1.54) is 0 Å². The number of methoxy groups -OCH3 is 1. The summed E-state index contributed by atoms with van der Waals surface area (Å²) in [6, 6.07) is 7.68. The molecule has 2 rings (SSSR count). The van der Waals surface area contributed by atoms with E-state index in [1.54, 1.807) is 11.8 Å². The van der Waals surface area contributed by atoms with Crippen LogP contribution in [0.1, 0.15) is 18.3 Å². The highest BCUT2D eigenvalue weighted by Gasteiger charge is 2.13. The minimum Gasteiger partial charge on any atom is -0.494 e. The SMILES string of the molecule is CCc1nnn(-c2ccccc2OC)c1CN. The quantitative estimate of drug-likeness (QED) is 0.862. The molecule has 0 aliphatic heterocycles. The summed E-state index contributed by atoms with van der Waals surface area (Å²) in [6.45, 7) is 2.45. The first kappa shape index (κ1) is 11.6. The van der Waals surface area contributed by atoms with Crippen LogP contribution >= 0.6 is 0 Å². The number of rotatable bonds is 4. The van der Waals surface area contributed by atoms with Crippen LogP contribution in [0.25, 0.3) is 5.69 Å². The average Bonchev–Trinajstić information content (AvgIpc) is 2.81. The van der Waals surface area contributed by atoms with Crippen LogP contribution in [0.3, 0.4) is 0 Å². The molecule has 17 heavy (non-hydrogen) atoms. The predicted octanol–water partition coefficient (Wildman–Crippen LogP) is 1.30. The number of hydrogen-bond donors (Lipinski definition) is 1. The molecule has 90 valence electrons. The van der Waals surface area contributed by atoms with Gasteiger partial charge in [-0.2, -0.15) is 0 Å². The molecule has 0 saturated heterocycles. The van der Waals surface area contributed by atoms with E-state index in [0.29, 0.717) is 6.54 Å². The largest absolute Gasteiger partial charge is 0.494 e. The second-order valence-electron chi connectivity index (χ2n) is 3.62. The van der Waals surface area contributed by atoms with E-state index in [1.807, 2.05) is 31.2 Å². The molecule has 0 bridgehead atoms. The van der Waals surface area contributed by atoms with Crippen LogP contribution in [0.5, 0.6) is 5.75 Å². The van der Waals surface area contributed by atoms with Crippen LogP contribution in [-0.4, -0.2) is 22.1 Å². The second-order valence-corrected chi connectivity index (χ2v) is 3.62. The van der Waals surface area contributed by atoms with Gasteiger partial charge >= 0.3 is 0 Å². The Labute approximate surface area is 100 Å². The number of hydrogen-bond acceptors (Lipinski definition) is 4. The molecule has 5 nitrogen and oxygen atoms in total. The number of aryl methyl sites for hydroxylation is 1. The first-order valence-electron chi connectivity index (χ1n) is 5.58. The summed E-state index contributed by atoms with van der Waals surface area (Å²) in [4.78, 5) is 0. The molecular formula is C12H16N4O. The van der Waals surface area contributed by atoms with Crippen molar-refractivity contribution >= 4 is 0 Å². The van der Waals surface area contributed by atoms with E-state index in [4.69, 9.17) is 10.5 Å². The van der Waals surface area contributed by atoms with Crippen molar-refractivity contribution in [1.82, 2.24) is 15.0 Å². The maximum Gasteiger partial charge on any atom is 0.144 e. The van der Waals surface area contributed by atoms with Gasteiger partial charge in [-0.25, -0.2) is 4.68 Å². The smallest absolute Gasteiger partial charge is 0.144 e. The minimum atomic E-state index is 0.411. The lowest BCUT2D eigenvalue weighted by atomic mass is 10.2. The summed E-state index contributed by atoms with van der Waals surface area (Å²) in [5.41, 5.74) is 8.48. The fraction of sp³-hybridized carbons (Fsp3) is 0.333. The fourth-order valence-corrected chi connectivity index (χ4v) is 1.81. The van der Waals surface area contributed by atoms with Gasteiger partial charge in [-0.05, 0) is 18.6 Å². The topological polar surface area (TPSA) is 66.0 Å². The zero-order valence-corrected chi connectivity index (χ0v) is 10.1. The molecule has 5 heteroatoms. The van der Waals surface area contributed by atoms with Crippen molar-refractivity contribution in [3.8, 4) is 11.4 Å². The van der Waals surface area contributed by atoms with E-state index in [9.17, 15) is 0 Å². The van der Waals surface area contributed by atoms with Gasteiger partial charge in [0.15, 0.2) is 0 Å². The van der Waals surface area contributed by atoms with Crippen LogP contribution in [-0.2, 0) is 13.0 Å². The highest BCUT2D eigenvalue weighted by molar-refractivity contribution is 5.47. The Kier molecular flexibility index (Phi) is 3.39. The van der Waals surface area contributed by atoms with Crippen LogP contribution in [0.2, 0.25) is 0 Å². The molecule has 0 saturated carbocycles. The number of ether oxygens (including phenoxy) is 1. The molecule has 1 heterocycles. The zero-order valence-electron chi connectivity index (χ0n) is 10.1. The maximum atomic E-state index is 5.76. The van der Waals surface area contributed by atoms with Crippen molar-refractivity contribution in [2.45, 2.75) is 19.9 Å². The first-order chi connectivity index (χ1) is 8.31. The second kappa shape index (κ2) is 4.97. The third-order valence-corrected chi connectivity index (χ3v) is 2.69. The van der Waals surface area contributed by atoms with Gasteiger partial charge in [-0.1, -0.05) is 24.3 Å². The van der Waals surface area contributed by atoms with Crippen molar-refractivity contribution in [2.75, 3.05) is 7.11 Å². The van der Waals surface area contributed by atoms with E-state index in [0.717, 1.165) is 29.2 Å². The van der Waals surface area contributed by atoms with Crippen LogP contribution in [0, 0.1) is 0 Å². The number of nitrogens with zero attached hydrogens (tertiary/aromatic N) is 3. The summed E-state index contributed by atoms with van der Waals surface area (Å²) >= 11 is 0.